The molecule has 1 heterocycles. The molecule has 2 fully saturated rings. The van der Waals surface area contributed by atoms with Crippen LogP contribution in [0.15, 0.2) is 0 Å². The van der Waals surface area contributed by atoms with E-state index in [0.29, 0.717) is 6.54 Å². The molecule has 15 heavy (non-hydrogen) atoms. The molecule has 1 saturated heterocycles. The van der Waals surface area contributed by atoms with Crippen LogP contribution >= 0.6 is 23.2 Å². The summed E-state index contributed by atoms with van der Waals surface area (Å²) in [6, 6.07) is -0.206. The largest absolute Gasteiger partial charge is 0.389 e. The fraction of sp³-hybridized carbons (Fsp3) is 0.900. The van der Waals surface area contributed by atoms with Gasteiger partial charge in [-0.15, -0.1) is 0 Å². The van der Waals surface area contributed by atoms with Gasteiger partial charge in [-0.05, 0) is 0 Å². The van der Waals surface area contributed by atoms with Crippen LogP contribution in [-0.2, 0) is 4.79 Å². The fourth-order valence-electron chi connectivity index (χ4n) is 2.28. The summed E-state index contributed by atoms with van der Waals surface area (Å²) in [6.07, 6.45) is -0.699. The lowest BCUT2D eigenvalue weighted by Gasteiger charge is -2.65. The highest BCUT2D eigenvalue weighted by atomic mass is 35.5. The van der Waals surface area contributed by atoms with Gasteiger partial charge in [0.15, 0.2) is 4.33 Å². The second kappa shape index (κ2) is 3.02. The van der Waals surface area contributed by atoms with Crippen molar-refractivity contribution in [2.75, 3.05) is 6.54 Å². The van der Waals surface area contributed by atoms with Crippen molar-refractivity contribution in [2.24, 2.45) is 11.3 Å². The molecule has 1 saturated carbocycles. The van der Waals surface area contributed by atoms with E-state index in [1.165, 1.54) is 0 Å². The first kappa shape index (κ1) is 11.5. The number of piperidine rings is 1. The van der Waals surface area contributed by atoms with Gasteiger partial charge in [-0.3, -0.25) is 4.79 Å². The fourth-order valence-corrected chi connectivity index (χ4v) is 3.16. The van der Waals surface area contributed by atoms with E-state index in [9.17, 15) is 9.90 Å². The molecule has 0 radical (unpaired) electrons. The highest BCUT2D eigenvalue weighted by molar-refractivity contribution is 6.50. The maximum absolute atomic E-state index is 12.0. The van der Waals surface area contributed by atoms with Gasteiger partial charge in [-0.25, -0.2) is 0 Å². The van der Waals surface area contributed by atoms with Crippen molar-refractivity contribution in [2.45, 2.75) is 37.3 Å². The molecule has 0 aromatic carbocycles. The normalized spacial score (nSPS) is 37.7. The summed E-state index contributed by atoms with van der Waals surface area (Å²) in [5, 5.41) is 9.57. The van der Waals surface area contributed by atoms with E-state index in [2.05, 4.69) is 0 Å². The number of aliphatic hydroxyl groups excluding tert-OH is 1. The van der Waals surface area contributed by atoms with E-state index in [4.69, 9.17) is 23.2 Å². The SMILES string of the molecule is CC(C)(C)C(=O)N1C[C@H]2[C@@H](O)C(Cl)(Cl)[C@H]21. The van der Waals surface area contributed by atoms with E-state index in [1.54, 1.807) is 4.90 Å². The molecule has 3 nitrogen and oxygen atoms in total. The summed E-state index contributed by atoms with van der Waals surface area (Å²) in [5.41, 5.74) is -0.421. The minimum absolute atomic E-state index is 0.0429. The van der Waals surface area contributed by atoms with Crippen LogP contribution in [0.3, 0.4) is 0 Å². The molecule has 1 amide bonds. The zero-order chi connectivity index (χ0) is 11.6. The number of carbonyl (C=O) groups excluding carboxylic acids is 1. The Labute approximate surface area is 99.3 Å². The number of aliphatic hydroxyl groups is 1. The average Bonchev–Trinajstić information content (AvgIpc) is 1.99. The lowest BCUT2D eigenvalue weighted by molar-refractivity contribution is -0.186. The van der Waals surface area contributed by atoms with Crippen molar-refractivity contribution >= 4 is 29.1 Å². The van der Waals surface area contributed by atoms with Crippen LogP contribution in [0.2, 0.25) is 0 Å². The zero-order valence-corrected chi connectivity index (χ0v) is 10.5. The molecule has 2 rings (SSSR count). The lowest BCUT2D eigenvalue weighted by atomic mass is 9.66. The molecule has 0 aromatic rings. The molecule has 1 N–H and O–H groups in total. The van der Waals surface area contributed by atoms with Gasteiger partial charge < -0.3 is 10.0 Å². The molecule has 0 spiro atoms. The number of hydrogen-bond donors (Lipinski definition) is 1. The molecule has 0 bridgehead atoms. The van der Waals surface area contributed by atoms with Gasteiger partial charge in [0.2, 0.25) is 5.91 Å². The third-order valence-electron chi connectivity index (χ3n) is 3.25. The van der Waals surface area contributed by atoms with Crippen LogP contribution in [-0.4, -0.2) is 38.9 Å². The van der Waals surface area contributed by atoms with E-state index in [0.717, 1.165) is 0 Å². The topological polar surface area (TPSA) is 40.5 Å². The van der Waals surface area contributed by atoms with Crippen molar-refractivity contribution < 1.29 is 9.90 Å². The molecule has 0 aromatic heterocycles. The summed E-state index contributed by atoms with van der Waals surface area (Å²) >= 11 is 11.9. The lowest BCUT2D eigenvalue weighted by Crippen LogP contribution is -2.81. The van der Waals surface area contributed by atoms with Crippen LogP contribution in [0.5, 0.6) is 0 Å². The Morgan fingerprint density at radius 1 is 1.47 bits per heavy atom. The van der Waals surface area contributed by atoms with Gasteiger partial charge in [0.25, 0.3) is 0 Å². The standard InChI is InChI=1S/C10H15Cl2NO2/c1-9(2,3)8(15)13-4-5-6(13)10(11,12)7(5)14/h5-7,14H,4H2,1-3H3/t5-,6+,7-/m1/s1. The molecular formula is C10H15Cl2NO2. The second-order valence-electron chi connectivity index (χ2n) is 5.44. The van der Waals surface area contributed by atoms with Crippen LogP contribution in [0.4, 0.5) is 0 Å². The van der Waals surface area contributed by atoms with Gasteiger partial charge in [-0.1, -0.05) is 44.0 Å². The smallest absolute Gasteiger partial charge is 0.228 e. The number of alkyl halides is 2. The number of amides is 1. The van der Waals surface area contributed by atoms with Gasteiger partial charge in [0.1, 0.15) is 0 Å². The van der Waals surface area contributed by atoms with Gasteiger partial charge >= 0.3 is 0 Å². The quantitative estimate of drug-likeness (QED) is 0.662. The van der Waals surface area contributed by atoms with E-state index in [1.807, 2.05) is 20.8 Å². The van der Waals surface area contributed by atoms with Crippen LogP contribution in [0.25, 0.3) is 0 Å². The summed E-state index contributed by atoms with van der Waals surface area (Å²) < 4.78 is -1.18. The number of halogens is 2. The number of carbonyl (C=O) groups is 1. The maximum Gasteiger partial charge on any atom is 0.228 e. The Bertz CT molecular complexity index is 311. The van der Waals surface area contributed by atoms with Crippen molar-refractivity contribution in [3.63, 3.8) is 0 Å². The van der Waals surface area contributed by atoms with Crippen LogP contribution in [0.1, 0.15) is 20.8 Å². The minimum Gasteiger partial charge on any atom is -0.389 e. The predicted molar refractivity (Wildman–Crippen MR) is 58.9 cm³/mol. The average molecular weight is 252 g/mol. The van der Waals surface area contributed by atoms with Crippen molar-refractivity contribution in [1.82, 2.24) is 4.90 Å². The minimum atomic E-state index is -1.18. The van der Waals surface area contributed by atoms with Gasteiger partial charge in [-0.2, -0.15) is 0 Å². The molecule has 86 valence electrons. The summed E-state index contributed by atoms with van der Waals surface area (Å²) in [6.45, 7) is 6.16. The van der Waals surface area contributed by atoms with Gasteiger partial charge in [0, 0.05) is 17.9 Å². The predicted octanol–water partition coefficient (Wildman–Crippen LogP) is 1.41. The monoisotopic (exact) mass is 251 g/mol. The first-order valence-electron chi connectivity index (χ1n) is 5.04. The summed E-state index contributed by atoms with van der Waals surface area (Å²) in [5.74, 6) is 0.104. The van der Waals surface area contributed by atoms with Gasteiger partial charge in [0.05, 0.1) is 12.1 Å². The molecular weight excluding hydrogens is 237 g/mol. The Kier molecular flexibility index (Phi) is 2.32. The van der Waals surface area contributed by atoms with E-state index >= 15 is 0 Å². The second-order valence-corrected chi connectivity index (χ2v) is 6.88. The Morgan fingerprint density at radius 3 is 2.40 bits per heavy atom. The number of nitrogens with zero attached hydrogens (tertiary/aromatic N) is 1. The van der Waals surface area contributed by atoms with E-state index < -0.39 is 15.9 Å². The number of hydrogen-bond acceptors (Lipinski definition) is 2. The zero-order valence-electron chi connectivity index (χ0n) is 9.00. The van der Waals surface area contributed by atoms with Crippen LogP contribution < -0.4 is 0 Å². The first-order chi connectivity index (χ1) is 6.67. The Morgan fingerprint density at radius 2 is 2.00 bits per heavy atom. The molecule has 0 unspecified atom stereocenters. The Balaban J connectivity index is 2.09. The molecule has 1 aliphatic heterocycles. The van der Waals surface area contributed by atoms with Crippen molar-refractivity contribution in [1.29, 1.82) is 0 Å². The highest BCUT2D eigenvalue weighted by Crippen LogP contribution is 2.56. The third kappa shape index (κ3) is 1.40. The number of likely N-dealkylation sites (tertiary alicyclic amines) is 1. The number of fused-ring (bicyclic) bond motifs is 1. The summed E-state index contributed by atoms with van der Waals surface area (Å²) in [4.78, 5) is 13.6. The summed E-state index contributed by atoms with van der Waals surface area (Å²) in [7, 11) is 0. The Hall–Kier alpha value is 0.01000. The molecule has 3 atom stereocenters. The maximum atomic E-state index is 12.0. The van der Waals surface area contributed by atoms with Crippen molar-refractivity contribution in [3.8, 4) is 0 Å². The molecule has 1 aliphatic carbocycles. The molecule has 5 heteroatoms. The first-order valence-corrected chi connectivity index (χ1v) is 5.80. The molecule has 2 aliphatic rings. The third-order valence-corrected chi connectivity index (χ3v) is 4.14. The van der Waals surface area contributed by atoms with Crippen molar-refractivity contribution in [3.05, 3.63) is 0 Å². The highest BCUT2D eigenvalue weighted by Gasteiger charge is 2.70. The van der Waals surface area contributed by atoms with Crippen LogP contribution in [0, 0.1) is 11.3 Å². The van der Waals surface area contributed by atoms with E-state index in [-0.39, 0.29) is 17.9 Å². The number of rotatable bonds is 0.